The lowest BCUT2D eigenvalue weighted by Gasteiger charge is -2.11. The first-order valence-electron chi connectivity index (χ1n) is 5.68. The summed E-state index contributed by atoms with van der Waals surface area (Å²) < 4.78 is 5.49. The minimum Gasteiger partial charge on any atom is -0.494 e. The first-order chi connectivity index (χ1) is 8.83. The number of hydrogen-bond donors (Lipinski definition) is 1. The Bertz CT molecular complexity index is 505. The summed E-state index contributed by atoms with van der Waals surface area (Å²) in [5.41, 5.74) is 1.86. The summed E-state index contributed by atoms with van der Waals surface area (Å²) in [6.45, 7) is 2.57. The molecule has 2 aromatic rings. The van der Waals surface area contributed by atoms with Crippen LogP contribution in [0, 0.1) is 0 Å². The number of aromatic nitrogens is 2. The summed E-state index contributed by atoms with van der Waals surface area (Å²) in [6.07, 6.45) is 4.93. The molecule has 4 nitrogen and oxygen atoms in total. The first-order valence-corrected chi connectivity index (χ1v) is 6.21. The van der Waals surface area contributed by atoms with Crippen LogP contribution in [0.25, 0.3) is 0 Å². The van der Waals surface area contributed by atoms with Crippen LogP contribution in [0.4, 0.5) is 11.5 Å². The van der Waals surface area contributed by atoms with Crippen molar-refractivity contribution in [1.29, 1.82) is 0 Å². The number of benzene rings is 1. The van der Waals surface area contributed by atoms with E-state index < -0.39 is 0 Å². The number of halogens is 1. The highest BCUT2D eigenvalue weighted by Gasteiger charge is 2.04. The Morgan fingerprint density at radius 2 is 2.22 bits per heavy atom. The van der Waals surface area contributed by atoms with Crippen LogP contribution in [0.15, 0.2) is 36.8 Å². The van der Waals surface area contributed by atoms with Crippen molar-refractivity contribution in [3.05, 3.63) is 42.4 Å². The van der Waals surface area contributed by atoms with E-state index in [4.69, 9.17) is 16.3 Å². The molecule has 0 radical (unpaired) electrons. The highest BCUT2D eigenvalue weighted by Crippen LogP contribution is 2.25. The Morgan fingerprint density at radius 1 is 1.33 bits per heavy atom. The lowest BCUT2D eigenvalue weighted by atomic mass is 10.2. The molecule has 0 saturated heterocycles. The van der Waals surface area contributed by atoms with Crippen LogP contribution in [-0.2, 0) is 5.88 Å². The lowest BCUT2D eigenvalue weighted by Crippen LogP contribution is -1.98. The van der Waals surface area contributed by atoms with E-state index >= 15 is 0 Å². The molecule has 94 valence electrons. The first kappa shape index (κ1) is 12.6. The number of nitrogens with zero attached hydrogens (tertiary/aromatic N) is 2. The van der Waals surface area contributed by atoms with E-state index in [0.717, 1.165) is 17.0 Å². The number of hydrogen-bond acceptors (Lipinski definition) is 4. The second-order valence-electron chi connectivity index (χ2n) is 3.60. The Labute approximate surface area is 111 Å². The minimum absolute atomic E-state index is 0.408. The van der Waals surface area contributed by atoms with Crippen molar-refractivity contribution in [2.45, 2.75) is 12.8 Å². The quantitative estimate of drug-likeness (QED) is 0.841. The van der Waals surface area contributed by atoms with Crippen LogP contribution in [0.5, 0.6) is 5.75 Å². The SMILES string of the molecule is CCOc1ccc(Nc2cnccn2)cc1CCl. The van der Waals surface area contributed by atoms with Crippen molar-refractivity contribution in [3.63, 3.8) is 0 Å². The van der Waals surface area contributed by atoms with Crippen molar-refractivity contribution in [2.24, 2.45) is 0 Å². The van der Waals surface area contributed by atoms with Gasteiger partial charge in [0.2, 0.25) is 0 Å². The van der Waals surface area contributed by atoms with Crippen molar-refractivity contribution < 1.29 is 4.74 Å². The van der Waals surface area contributed by atoms with Crippen LogP contribution < -0.4 is 10.1 Å². The third kappa shape index (κ3) is 3.11. The predicted octanol–water partition coefficient (Wildman–Crippen LogP) is 3.36. The monoisotopic (exact) mass is 263 g/mol. The molecule has 1 aromatic carbocycles. The molecule has 0 aliphatic carbocycles. The van der Waals surface area contributed by atoms with Crippen molar-refractivity contribution in [3.8, 4) is 5.75 Å². The average molecular weight is 264 g/mol. The van der Waals surface area contributed by atoms with Gasteiger partial charge in [-0.15, -0.1) is 11.6 Å². The zero-order valence-electron chi connectivity index (χ0n) is 10.1. The highest BCUT2D eigenvalue weighted by atomic mass is 35.5. The normalized spacial score (nSPS) is 10.1. The molecule has 0 aliphatic heterocycles. The average Bonchev–Trinajstić information content (AvgIpc) is 2.42. The molecular weight excluding hydrogens is 250 g/mol. The summed E-state index contributed by atoms with van der Waals surface area (Å²) >= 11 is 5.91. The Morgan fingerprint density at radius 3 is 2.89 bits per heavy atom. The molecule has 0 amide bonds. The number of anilines is 2. The number of ether oxygens (including phenoxy) is 1. The van der Waals surface area contributed by atoms with E-state index in [0.29, 0.717) is 18.3 Å². The van der Waals surface area contributed by atoms with E-state index in [1.807, 2.05) is 25.1 Å². The molecule has 0 atom stereocenters. The van der Waals surface area contributed by atoms with E-state index in [2.05, 4.69) is 15.3 Å². The summed E-state index contributed by atoms with van der Waals surface area (Å²) in [4.78, 5) is 8.15. The standard InChI is InChI=1S/C13H14ClN3O/c1-2-18-12-4-3-11(7-10(12)8-14)17-13-9-15-5-6-16-13/h3-7,9H,2,8H2,1H3,(H,16,17). The fourth-order valence-corrected chi connectivity index (χ4v) is 1.78. The molecule has 1 aromatic heterocycles. The summed E-state index contributed by atoms with van der Waals surface area (Å²) in [5.74, 6) is 1.92. The van der Waals surface area contributed by atoms with Gasteiger partial charge < -0.3 is 10.1 Å². The van der Waals surface area contributed by atoms with Gasteiger partial charge in [0.15, 0.2) is 0 Å². The van der Waals surface area contributed by atoms with Crippen LogP contribution in [-0.4, -0.2) is 16.6 Å². The van der Waals surface area contributed by atoms with Crippen molar-refractivity contribution in [1.82, 2.24) is 9.97 Å². The van der Waals surface area contributed by atoms with Gasteiger partial charge in [-0.2, -0.15) is 0 Å². The van der Waals surface area contributed by atoms with Gasteiger partial charge >= 0.3 is 0 Å². The molecule has 5 heteroatoms. The third-order valence-electron chi connectivity index (χ3n) is 2.34. The molecule has 0 unspecified atom stereocenters. The van der Waals surface area contributed by atoms with Gasteiger partial charge in [-0.3, -0.25) is 4.98 Å². The molecule has 0 spiro atoms. The summed E-state index contributed by atoms with van der Waals surface area (Å²) in [5, 5.41) is 3.16. The third-order valence-corrected chi connectivity index (χ3v) is 2.63. The molecule has 1 heterocycles. The van der Waals surface area contributed by atoms with Gasteiger partial charge in [-0.1, -0.05) is 0 Å². The Hall–Kier alpha value is -1.81. The topological polar surface area (TPSA) is 47.0 Å². The fourth-order valence-electron chi connectivity index (χ4n) is 1.57. The fraction of sp³-hybridized carbons (Fsp3) is 0.231. The van der Waals surface area contributed by atoms with Gasteiger partial charge in [0.25, 0.3) is 0 Å². The molecule has 0 fully saturated rings. The Kier molecular flexibility index (Phi) is 4.36. The molecule has 1 N–H and O–H groups in total. The predicted molar refractivity (Wildman–Crippen MR) is 72.5 cm³/mol. The summed E-state index contributed by atoms with van der Waals surface area (Å²) in [7, 11) is 0. The molecule has 0 saturated carbocycles. The van der Waals surface area contributed by atoms with Gasteiger partial charge in [0.05, 0.1) is 18.7 Å². The Balaban J connectivity index is 2.19. The zero-order chi connectivity index (χ0) is 12.8. The molecule has 2 rings (SSSR count). The van der Waals surface area contributed by atoms with E-state index in [-0.39, 0.29) is 0 Å². The van der Waals surface area contributed by atoms with Crippen LogP contribution >= 0.6 is 11.6 Å². The lowest BCUT2D eigenvalue weighted by molar-refractivity contribution is 0.337. The van der Waals surface area contributed by atoms with Gasteiger partial charge in [-0.05, 0) is 25.1 Å². The van der Waals surface area contributed by atoms with Crippen molar-refractivity contribution in [2.75, 3.05) is 11.9 Å². The number of rotatable bonds is 5. The van der Waals surface area contributed by atoms with E-state index in [1.54, 1.807) is 18.6 Å². The minimum atomic E-state index is 0.408. The number of nitrogens with one attached hydrogen (secondary N) is 1. The molecule has 0 bridgehead atoms. The van der Waals surface area contributed by atoms with Gasteiger partial charge in [0, 0.05) is 23.6 Å². The van der Waals surface area contributed by atoms with Gasteiger partial charge in [0.1, 0.15) is 11.6 Å². The molecule has 18 heavy (non-hydrogen) atoms. The van der Waals surface area contributed by atoms with Crippen LogP contribution in [0.2, 0.25) is 0 Å². The van der Waals surface area contributed by atoms with Gasteiger partial charge in [-0.25, -0.2) is 4.98 Å². The molecular formula is C13H14ClN3O. The second kappa shape index (κ2) is 6.21. The molecule has 0 aliphatic rings. The maximum Gasteiger partial charge on any atom is 0.148 e. The second-order valence-corrected chi connectivity index (χ2v) is 3.87. The smallest absolute Gasteiger partial charge is 0.148 e. The van der Waals surface area contributed by atoms with Crippen molar-refractivity contribution >= 4 is 23.1 Å². The van der Waals surface area contributed by atoms with Crippen LogP contribution in [0.1, 0.15) is 12.5 Å². The maximum atomic E-state index is 5.91. The largest absolute Gasteiger partial charge is 0.494 e. The maximum absolute atomic E-state index is 5.91. The summed E-state index contributed by atoms with van der Waals surface area (Å²) in [6, 6.07) is 5.78. The highest BCUT2D eigenvalue weighted by molar-refractivity contribution is 6.17. The van der Waals surface area contributed by atoms with E-state index in [1.165, 1.54) is 0 Å². The van der Waals surface area contributed by atoms with E-state index in [9.17, 15) is 0 Å². The zero-order valence-corrected chi connectivity index (χ0v) is 10.8. The van der Waals surface area contributed by atoms with Crippen LogP contribution in [0.3, 0.4) is 0 Å². The number of alkyl halides is 1.